The summed E-state index contributed by atoms with van der Waals surface area (Å²) in [4.78, 5) is 27.9. The molecule has 6 nitrogen and oxygen atoms in total. The Kier molecular flexibility index (Phi) is 4.10. The number of pyridine rings is 1. The zero-order valence-corrected chi connectivity index (χ0v) is 13.6. The minimum Gasteiger partial charge on any atom is -0.336 e. The van der Waals surface area contributed by atoms with Gasteiger partial charge in [-0.05, 0) is 17.5 Å². The first kappa shape index (κ1) is 17.5. The van der Waals surface area contributed by atoms with Gasteiger partial charge in [-0.2, -0.15) is 13.2 Å². The quantitative estimate of drug-likeness (QED) is 0.818. The topological polar surface area (TPSA) is 87.3 Å². The Morgan fingerprint density at radius 1 is 1.16 bits per heavy atom. The molecule has 10 heteroatoms. The second kappa shape index (κ2) is 5.87. The number of carbonyl (C=O) groups is 1. The average Bonchev–Trinajstić information content (AvgIpc) is 2.52. The highest BCUT2D eigenvalue weighted by molar-refractivity contribution is 7.91. The number of para-hydroxylation sites is 1. The molecule has 134 valence electrons. The van der Waals surface area contributed by atoms with Crippen molar-refractivity contribution in [3.63, 3.8) is 0 Å². The van der Waals surface area contributed by atoms with E-state index >= 15 is 0 Å². The molecule has 25 heavy (non-hydrogen) atoms. The molecule has 0 atom stereocenters. The summed E-state index contributed by atoms with van der Waals surface area (Å²) >= 11 is 0. The molecule has 1 aliphatic rings. The van der Waals surface area contributed by atoms with Crippen LogP contribution in [-0.2, 0) is 16.0 Å². The van der Waals surface area contributed by atoms with Gasteiger partial charge < -0.3 is 9.88 Å². The van der Waals surface area contributed by atoms with Gasteiger partial charge in [-0.25, -0.2) is 8.42 Å². The van der Waals surface area contributed by atoms with Crippen LogP contribution in [0, 0.1) is 0 Å². The summed E-state index contributed by atoms with van der Waals surface area (Å²) in [6, 6.07) is 4.49. The predicted molar refractivity (Wildman–Crippen MR) is 84.1 cm³/mol. The Balaban J connectivity index is 2.02. The van der Waals surface area contributed by atoms with Crippen LogP contribution < -0.4 is 5.56 Å². The average molecular weight is 374 g/mol. The van der Waals surface area contributed by atoms with Crippen molar-refractivity contribution in [1.29, 1.82) is 0 Å². The Labute approximate surface area is 140 Å². The molecule has 0 bridgehead atoms. The number of halogens is 3. The summed E-state index contributed by atoms with van der Waals surface area (Å²) in [5.41, 5.74) is -2.64. The Bertz CT molecular complexity index is 998. The van der Waals surface area contributed by atoms with E-state index in [4.69, 9.17) is 0 Å². The van der Waals surface area contributed by atoms with Crippen molar-refractivity contribution in [2.45, 2.75) is 6.18 Å². The fourth-order valence-corrected chi connectivity index (χ4v) is 3.91. The van der Waals surface area contributed by atoms with Crippen molar-refractivity contribution >= 4 is 26.6 Å². The number of nitrogens with zero attached hydrogens (tertiary/aromatic N) is 1. The molecule has 0 unspecified atom stereocenters. The van der Waals surface area contributed by atoms with E-state index in [0.29, 0.717) is 0 Å². The number of benzene rings is 1. The van der Waals surface area contributed by atoms with E-state index < -0.39 is 38.6 Å². The number of hydrogen-bond donors (Lipinski definition) is 1. The third kappa shape index (κ3) is 3.39. The van der Waals surface area contributed by atoms with Crippen molar-refractivity contribution in [3.05, 3.63) is 45.7 Å². The number of rotatable bonds is 1. The maximum atomic E-state index is 13.0. The van der Waals surface area contributed by atoms with E-state index in [0.717, 1.165) is 12.1 Å². The van der Waals surface area contributed by atoms with Gasteiger partial charge in [-0.15, -0.1) is 0 Å². The number of fused-ring (bicyclic) bond motifs is 1. The molecule has 0 saturated carbocycles. The smallest absolute Gasteiger partial charge is 0.336 e. The van der Waals surface area contributed by atoms with Crippen molar-refractivity contribution in [2.24, 2.45) is 0 Å². The minimum atomic E-state index is -4.64. The molecule has 1 saturated heterocycles. The van der Waals surface area contributed by atoms with Gasteiger partial charge in [0.25, 0.3) is 11.5 Å². The van der Waals surface area contributed by atoms with Gasteiger partial charge in [0.2, 0.25) is 0 Å². The third-order valence-electron chi connectivity index (χ3n) is 4.05. The standard InChI is InChI=1S/C15H13F3N2O4S/c16-15(17,18)11-3-1-2-9-8-10(13(21)19-12(9)11)14(22)20-4-6-25(23,24)7-5-20/h1-3,8H,4-7H2,(H,19,21). The number of hydrogen-bond acceptors (Lipinski definition) is 4. The predicted octanol–water partition coefficient (Wildman–Crippen LogP) is 1.42. The van der Waals surface area contributed by atoms with Crippen molar-refractivity contribution in [2.75, 3.05) is 24.6 Å². The zero-order valence-electron chi connectivity index (χ0n) is 12.8. The van der Waals surface area contributed by atoms with Gasteiger partial charge in [0.05, 0.1) is 22.6 Å². The van der Waals surface area contributed by atoms with E-state index in [-0.39, 0.29) is 35.5 Å². The van der Waals surface area contributed by atoms with Crippen molar-refractivity contribution in [3.8, 4) is 0 Å². The maximum Gasteiger partial charge on any atom is 0.418 e. The molecule has 0 radical (unpaired) electrons. The zero-order chi connectivity index (χ0) is 18.4. The highest BCUT2D eigenvalue weighted by Gasteiger charge is 2.33. The fourth-order valence-electron chi connectivity index (χ4n) is 2.71. The Morgan fingerprint density at radius 2 is 1.80 bits per heavy atom. The largest absolute Gasteiger partial charge is 0.418 e. The van der Waals surface area contributed by atoms with E-state index in [1.54, 1.807) is 0 Å². The van der Waals surface area contributed by atoms with Crippen LogP contribution in [0.4, 0.5) is 13.2 Å². The molecule has 3 rings (SSSR count). The first-order chi connectivity index (χ1) is 11.6. The van der Waals surface area contributed by atoms with Gasteiger partial charge in [0, 0.05) is 13.1 Å². The molecule has 1 fully saturated rings. The number of H-pyrrole nitrogens is 1. The lowest BCUT2D eigenvalue weighted by atomic mass is 10.1. The van der Waals surface area contributed by atoms with E-state index in [1.165, 1.54) is 17.0 Å². The maximum absolute atomic E-state index is 13.0. The second-order valence-corrected chi connectivity index (χ2v) is 8.03. The highest BCUT2D eigenvalue weighted by Crippen LogP contribution is 2.33. The van der Waals surface area contributed by atoms with Crippen molar-refractivity contribution in [1.82, 2.24) is 9.88 Å². The van der Waals surface area contributed by atoms with Crippen LogP contribution in [0.3, 0.4) is 0 Å². The number of carbonyl (C=O) groups excluding carboxylic acids is 1. The highest BCUT2D eigenvalue weighted by atomic mass is 32.2. The fraction of sp³-hybridized carbons (Fsp3) is 0.333. The van der Waals surface area contributed by atoms with Gasteiger partial charge >= 0.3 is 6.18 Å². The molecule has 1 N–H and O–H groups in total. The lowest BCUT2D eigenvalue weighted by molar-refractivity contribution is -0.136. The van der Waals surface area contributed by atoms with Gasteiger partial charge in [0.1, 0.15) is 5.56 Å². The van der Waals surface area contributed by atoms with Crippen molar-refractivity contribution < 1.29 is 26.4 Å². The van der Waals surface area contributed by atoms with Gasteiger partial charge in [-0.3, -0.25) is 9.59 Å². The minimum absolute atomic E-state index is 0.0543. The third-order valence-corrected chi connectivity index (χ3v) is 5.66. The number of aromatic nitrogens is 1. The van der Waals surface area contributed by atoms with E-state index in [9.17, 15) is 31.2 Å². The van der Waals surface area contributed by atoms with Crippen LogP contribution in [0.25, 0.3) is 10.9 Å². The molecule has 1 aliphatic heterocycles. The van der Waals surface area contributed by atoms with Crippen LogP contribution in [0.5, 0.6) is 0 Å². The molecular formula is C15H13F3N2O4S. The number of amides is 1. The van der Waals surface area contributed by atoms with Crippen LogP contribution in [0.2, 0.25) is 0 Å². The normalized spacial score (nSPS) is 17.6. The summed E-state index contributed by atoms with van der Waals surface area (Å²) in [7, 11) is -3.20. The van der Waals surface area contributed by atoms with Crippen LogP contribution in [0.15, 0.2) is 29.1 Å². The van der Waals surface area contributed by atoms with E-state index in [1.807, 2.05) is 0 Å². The molecular weight excluding hydrogens is 361 g/mol. The molecule has 1 aromatic heterocycles. The van der Waals surface area contributed by atoms with E-state index in [2.05, 4.69) is 4.98 Å². The SMILES string of the molecule is O=C(c1cc2cccc(C(F)(F)F)c2[nH]c1=O)N1CCS(=O)(=O)CC1. The number of aromatic amines is 1. The van der Waals surface area contributed by atoms with Crippen LogP contribution in [-0.4, -0.2) is 48.8 Å². The molecule has 1 aromatic carbocycles. The van der Waals surface area contributed by atoms with Gasteiger partial charge in [-0.1, -0.05) is 12.1 Å². The number of sulfone groups is 1. The second-order valence-electron chi connectivity index (χ2n) is 5.72. The number of alkyl halides is 3. The first-order valence-corrected chi connectivity index (χ1v) is 9.13. The van der Waals surface area contributed by atoms with Gasteiger partial charge in [0.15, 0.2) is 9.84 Å². The Morgan fingerprint density at radius 3 is 2.40 bits per heavy atom. The summed E-state index contributed by atoms with van der Waals surface area (Å²) in [5.74, 6) is -1.11. The first-order valence-electron chi connectivity index (χ1n) is 7.31. The van der Waals surface area contributed by atoms with Crippen LogP contribution in [0.1, 0.15) is 15.9 Å². The Hall–Kier alpha value is -2.36. The van der Waals surface area contributed by atoms with Crippen LogP contribution >= 0.6 is 0 Å². The lowest BCUT2D eigenvalue weighted by Crippen LogP contribution is -2.45. The molecule has 1 amide bonds. The molecule has 2 aromatic rings. The monoisotopic (exact) mass is 374 g/mol. The summed E-state index contributed by atoms with van der Waals surface area (Å²) < 4.78 is 61.9. The molecule has 0 spiro atoms. The molecule has 2 heterocycles. The number of nitrogens with one attached hydrogen (secondary N) is 1. The summed E-state index contributed by atoms with van der Waals surface area (Å²) in [6.45, 7) is -0.109. The summed E-state index contributed by atoms with van der Waals surface area (Å²) in [6.07, 6.45) is -4.64. The lowest BCUT2D eigenvalue weighted by Gasteiger charge is -2.26. The molecule has 0 aliphatic carbocycles. The summed E-state index contributed by atoms with van der Waals surface area (Å²) in [5, 5.41) is 0.0717.